The van der Waals surface area contributed by atoms with Crippen molar-refractivity contribution in [2.24, 2.45) is 7.05 Å². The predicted octanol–water partition coefficient (Wildman–Crippen LogP) is 0.696. The molecule has 0 spiro atoms. The van der Waals surface area contributed by atoms with Crippen LogP contribution in [0.5, 0.6) is 0 Å². The molecule has 0 aromatic carbocycles. The molecule has 2 amide bonds. The van der Waals surface area contributed by atoms with Crippen molar-refractivity contribution < 1.29 is 9.53 Å². The third-order valence-electron chi connectivity index (χ3n) is 5.32. The summed E-state index contributed by atoms with van der Waals surface area (Å²) in [6, 6.07) is 0.549. The molecule has 3 rings (SSSR count). The van der Waals surface area contributed by atoms with Crippen LogP contribution in [0, 0.1) is 13.8 Å². The van der Waals surface area contributed by atoms with Crippen LogP contribution >= 0.6 is 0 Å². The molecule has 0 radical (unpaired) electrons. The van der Waals surface area contributed by atoms with Crippen LogP contribution in [0.3, 0.4) is 0 Å². The highest BCUT2D eigenvalue weighted by molar-refractivity contribution is 5.74. The lowest BCUT2D eigenvalue weighted by Crippen LogP contribution is -2.46. The summed E-state index contributed by atoms with van der Waals surface area (Å²) in [6.07, 6.45) is 1.90. The van der Waals surface area contributed by atoms with E-state index in [2.05, 4.69) is 22.2 Å². The van der Waals surface area contributed by atoms with Gasteiger partial charge in [-0.25, -0.2) is 4.79 Å². The molecular weight excluding hydrogens is 306 g/mol. The Balaban J connectivity index is 1.44. The number of rotatable bonds is 4. The quantitative estimate of drug-likeness (QED) is 0.880. The van der Waals surface area contributed by atoms with E-state index in [4.69, 9.17) is 4.74 Å². The second-order valence-corrected chi connectivity index (χ2v) is 6.79. The standard InChI is InChI=1S/C17H29N5O2/c1-13-16(14(2)20(3)19-13)4-6-18-17(23)22-7-5-15(12-22)21-8-10-24-11-9-21/h15H,4-12H2,1-3H3,(H,18,23)/t15-/m0/s1. The molecule has 0 bridgehead atoms. The molecule has 1 atom stereocenters. The van der Waals surface area contributed by atoms with E-state index in [1.54, 1.807) is 0 Å². The fourth-order valence-corrected chi connectivity index (χ4v) is 3.75. The second-order valence-electron chi connectivity index (χ2n) is 6.79. The first-order valence-electron chi connectivity index (χ1n) is 8.90. The molecule has 7 nitrogen and oxygen atoms in total. The number of amides is 2. The van der Waals surface area contributed by atoms with Crippen molar-refractivity contribution in [2.75, 3.05) is 45.9 Å². The Bertz CT molecular complexity index is 580. The lowest BCUT2D eigenvalue weighted by Gasteiger charge is -2.32. The van der Waals surface area contributed by atoms with Crippen molar-refractivity contribution in [3.05, 3.63) is 17.0 Å². The van der Waals surface area contributed by atoms with Gasteiger partial charge in [0.15, 0.2) is 0 Å². The van der Waals surface area contributed by atoms with Crippen molar-refractivity contribution in [2.45, 2.75) is 32.7 Å². The zero-order valence-electron chi connectivity index (χ0n) is 15.0. The number of hydrogen-bond acceptors (Lipinski definition) is 4. The van der Waals surface area contributed by atoms with Crippen molar-refractivity contribution >= 4 is 6.03 Å². The zero-order chi connectivity index (χ0) is 17.1. The molecule has 134 valence electrons. The number of hydrogen-bond donors (Lipinski definition) is 1. The lowest BCUT2D eigenvalue weighted by atomic mass is 10.1. The number of aromatic nitrogens is 2. The van der Waals surface area contributed by atoms with Crippen LogP contribution in [-0.4, -0.2) is 77.6 Å². The molecule has 7 heteroatoms. The molecule has 0 unspecified atom stereocenters. The van der Waals surface area contributed by atoms with Gasteiger partial charge in [0.05, 0.1) is 18.9 Å². The minimum absolute atomic E-state index is 0.0601. The van der Waals surface area contributed by atoms with Crippen LogP contribution in [-0.2, 0) is 18.2 Å². The number of carbonyl (C=O) groups excluding carboxylic acids is 1. The Morgan fingerprint density at radius 2 is 2.04 bits per heavy atom. The first kappa shape index (κ1) is 17.2. The Morgan fingerprint density at radius 3 is 2.71 bits per heavy atom. The number of ether oxygens (including phenoxy) is 1. The van der Waals surface area contributed by atoms with E-state index in [1.165, 1.54) is 11.3 Å². The van der Waals surface area contributed by atoms with E-state index in [-0.39, 0.29) is 6.03 Å². The van der Waals surface area contributed by atoms with Gasteiger partial charge in [0.1, 0.15) is 0 Å². The Labute approximate surface area is 143 Å². The van der Waals surface area contributed by atoms with E-state index < -0.39 is 0 Å². The molecule has 24 heavy (non-hydrogen) atoms. The van der Waals surface area contributed by atoms with Crippen LogP contribution in [0.15, 0.2) is 0 Å². The maximum absolute atomic E-state index is 12.4. The minimum Gasteiger partial charge on any atom is -0.379 e. The van der Waals surface area contributed by atoms with Crippen LogP contribution in [0.1, 0.15) is 23.4 Å². The number of nitrogens with one attached hydrogen (secondary N) is 1. The number of nitrogens with zero attached hydrogens (tertiary/aromatic N) is 4. The second kappa shape index (κ2) is 7.53. The predicted molar refractivity (Wildman–Crippen MR) is 92.2 cm³/mol. The smallest absolute Gasteiger partial charge is 0.317 e. The van der Waals surface area contributed by atoms with Crippen molar-refractivity contribution in [3.63, 3.8) is 0 Å². The van der Waals surface area contributed by atoms with Crippen LogP contribution < -0.4 is 5.32 Å². The van der Waals surface area contributed by atoms with E-state index in [0.717, 1.165) is 57.9 Å². The van der Waals surface area contributed by atoms with Gasteiger partial charge < -0.3 is 15.0 Å². The van der Waals surface area contributed by atoms with Crippen LogP contribution in [0.4, 0.5) is 4.79 Å². The number of urea groups is 1. The topological polar surface area (TPSA) is 62.6 Å². The molecule has 2 aliphatic rings. The summed E-state index contributed by atoms with van der Waals surface area (Å²) in [6.45, 7) is 10.0. The van der Waals surface area contributed by atoms with Gasteiger partial charge >= 0.3 is 6.03 Å². The summed E-state index contributed by atoms with van der Waals surface area (Å²) in [5, 5.41) is 7.49. The fourth-order valence-electron chi connectivity index (χ4n) is 3.75. The van der Waals surface area contributed by atoms with Crippen LogP contribution in [0.25, 0.3) is 0 Å². The van der Waals surface area contributed by atoms with E-state index in [9.17, 15) is 4.79 Å². The minimum atomic E-state index is 0.0601. The summed E-state index contributed by atoms with van der Waals surface area (Å²) in [5.41, 5.74) is 3.47. The molecule has 1 aromatic heterocycles. The average Bonchev–Trinajstić information content (AvgIpc) is 3.16. The summed E-state index contributed by atoms with van der Waals surface area (Å²) in [5.74, 6) is 0. The van der Waals surface area contributed by atoms with Gasteiger partial charge in [-0.05, 0) is 32.3 Å². The Kier molecular flexibility index (Phi) is 5.40. The highest BCUT2D eigenvalue weighted by Gasteiger charge is 2.30. The zero-order valence-corrected chi connectivity index (χ0v) is 15.0. The monoisotopic (exact) mass is 335 g/mol. The van der Waals surface area contributed by atoms with Crippen molar-refractivity contribution in [3.8, 4) is 0 Å². The first-order valence-corrected chi connectivity index (χ1v) is 8.90. The van der Waals surface area contributed by atoms with Gasteiger partial charge in [0.25, 0.3) is 0 Å². The number of carbonyl (C=O) groups is 1. The van der Waals surface area contributed by atoms with Crippen molar-refractivity contribution in [1.82, 2.24) is 24.9 Å². The number of morpholine rings is 1. The van der Waals surface area contributed by atoms with Gasteiger partial charge in [0.2, 0.25) is 0 Å². The summed E-state index contributed by atoms with van der Waals surface area (Å²) < 4.78 is 7.31. The summed E-state index contributed by atoms with van der Waals surface area (Å²) in [7, 11) is 1.96. The Morgan fingerprint density at radius 1 is 1.29 bits per heavy atom. The number of likely N-dealkylation sites (tertiary alicyclic amines) is 1. The molecule has 1 aromatic rings. The molecule has 0 aliphatic carbocycles. The third-order valence-corrected chi connectivity index (χ3v) is 5.32. The highest BCUT2D eigenvalue weighted by atomic mass is 16.5. The maximum Gasteiger partial charge on any atom is 0.317 e. The maximum atomic E-state index is 12.4. The van der Waals surface area contributed by atoms with Gasteiger partial charge in [0, 0.05) is 51.5 Å². The molecular formula is C17H29N5O2. The molecule has 2 aliphatic heterocycles. The van der Waals surface area contributed by atoms with Crippen molar-refractivity contribution in [1.29, 1.82) is 0 Å². The molecule has 0 saturated carbocycles. The summed E-state index contributed by atoms with van der Waals surface area (Å²) in [4.78, 5) is 16.8. The largest absolute Gasteiger partial charge is 0.379 e. The molecule has 3 heterocycles. The fraction of sp³-hybridized carbons (Fsp3) is 0.765. The van der Waals surface area contributed by atoms with Crippen LogP contribution in [0.2, 0.25) is 0 Å². The Hall–Kier alpha value is -1.60. The average molecular weight is 335 g/mol. The van der Waals surface area contributed by atoms with E-state index in [0.29, 0.717) is 12.6 Å². The third kappa shape index (κ3) is 3.72. The lowest BCUT2D eigenvalue weighted by molar-refractivity contribution is 0.0191. The number of aryl methyl sites for hydroxylation is 2. The van der Waals surface area contributed by atoms with E-state index in [1.807, 2.05) is 23.6 Å². The molecule has 2 fully saturated rings. The van der Waals surface area contributed by atoms with Gasteiger partial charge in [-0.2, -0.15) is 5.10 Å². The normalized spacial score (nSPS) is 22.1. The first-order chi connectivity index (χ1) is 11.6. The molecule has 2 saturated heterocycles. The molecule has 1 N–H and O–H groups in total. The summed E-state index contributed by atoms with van der Waals surface area (Å²) >= 11 is 0. The van der Waals surface area contributed by atoms with E-state index >= 15 is 0 Å². The van der Waals surface area contributed by atoms with Gasteiger partial charge in [-0.3, -0.25) is 9.58 Å². The SMILES string of the molecule is Cc1nn(C)c(C)c1CCNC(=O)N1CC[C@H](N2CCOCC2)C1. The highest BCUT2D eigenvalue weighted by Crippen LogP contribution is 2.17. The van der Waals surface area contributed by atoms with Gasteiger partial charge in [-0.1, -0.05) is 0 Å². The van der Waals surface area contributed by atoms with Gasteiger partial charge in [-0.15, -0.1) is 0 Å².